The summed E-state index contributed by atoms with van der Waals surface area (Å²) in [6.45, 7) is 5.33. The molecule has 0 aromatic heterocycles. The minimum atomic E-state index is 0.406. The number of para-hydroxylation sites is 1. The number of rotatable bonds is 6. The van der Waals surface area contributed by atoms with Gasteiger partial charge in [0, 0.05) is 6.04 Å². The molecule has 0 bridgehead atoms. The number of hydrogen-bond donors (Lipinski definition) is 2. The lowest BCUT2D eigenvalue weighted by molar-refractivity contribution is 0.459. The van der Waals surface area contributed by atoms with Crippen molar-refractivity contribution in [1.82, 2.24) is 5.32 Å². The fourth-order valence-corrected chi connectivity index (χ4v) is 1.71. The van der Waals surface area contributed by atoms with Crippen LogP contribution in [-0.4, -0.2) is 17.7 Å². The molecule has 1 rings (SSSR count). The zero-order valence-electron chi connectivity index (χ0n) is 9.66. The minimum Gasteiger partial charge on any atom is -0.508 e. The molecule has 2 nitrogen and oxygen atoms in total. The zero-order valence-corrected chi connectivity index (χ0v) is 9.66. The second-order valence-corrected chi connectivity index (χ2v) is 3.85. The molecule has 0 amide bonds. The van der Waals surface area contributed by atoms with E-state index in [-0.39, 0.29) is 0 Å². The first-order chi connectivity index (χ1) is 7.27. The summed E-state index contributed by atoms with van der Waals surface area (Å²) in [5.74, 6) is 0.406. The number of nitrogens with one attached hydrogen (secondary N) is 1. The summed E-state index contributed by atoms with van der Waals surface area (Å²) < 4.78 is 0. The van der Waals surface area contributed by atoms with Gasteiger partial charge in [0.2, 0.25) is 0 Å². The van der Waals surface area contributed by atoms with E-state index in [9.17, 15) is 5.11 Å². The van der Waals surface area contributed by atoms with Gasteiger partial charge in [-0.05, 0) is 37.4 Å². The first-order valence-electron chi connectivity index (χ1n) is 5.78. The van der Waals surface area contributed by atoms with Gasteiger partial charge in [-0.3, -0.25) is 0 Å². The molecular weight excluding hydrogens is 186 g/mol. The predicted molar refractivity (Wildman–Crippen MR) is 64.2 cm³/mol. The highest BCUT2D eigenvalue weighted by atomic mass is 16.3. The van der Waals surface area contributed by atoms with E-state index < -0.39 is 0 Å². The summed E-state index contributed by atoms with van der Waals surface area (Å²) >= 11 is 0. The van der Waals surface area contributed by atoms with Crippen LogP contribution in [0, 0.1) is 0 Å². The topological polar surface area (TPSA) is 32.3 Å². The quantitative estimate of drug-likeness (QED) is 0.751. The monoisotopic (exact) mass is 207 g/mol. The number of phenolic OH excluding ortho intramolecular Hbond substituents is 1. The average Bonchev–Trinajstić information content (AvgIpc) is 2.27. The Morgan fingerprint density at radius 3 is 2.47 bits per heavy atom. The fraction of sp³-hybridized carbons (Fsp3) is 0.538. The van der Waals surface area contributed by atoms with Gasteiger partial charge in [-0.2, -0.15) is 0 Å². The smallest absolute Gasteiger partial charge is 0.118 e. The van der Waals surface area contributed by atoms with Crippen molar-refractivity contribution in [1.29, 1.82) is 0 Å². The summed E-state index contributed by atoms with van der Waals surface area (Å²) in [4.78, 5) is 0. The van der Waals surface area contributed by atoms with Gasteiger partial charge in [-0.15, -0.1) is 0 Å². The van der Waals surface area contributed by atoms with Gasteiger partial charge in [0.25, 0.3) is 0 Å². The fourth-order valence-electron chi connectivity index (χ4n) is 1.71. The lowest BCUT2D eigenvalue weighted by Crippen LogP contribution is -2.29. The largest absolute Gasteiger partial charge is 0.508 e. The molecule has 0 aliphatic carbocycles. The van der Waals surface area contributed by atoms with Gasteiger partial charge >= 0.3 is 0 Å². The molecule has 0 fully saturated rings. The summed E-state index contributed by atoms with van der Waals surface area (Å²) in [5.41, 5.74) is 1.02. The van der Waals surface area contributed by atoms with Crippen molar-refractivity contribution >= 4 is 0 Å². The van der Waals surface area contributed by atoms with E-state index in [1.165, 1.54) is 0 Å². The molecule has 0 radical (unpaired) electrons. The molecular formula is C13H21NO. The van der Waals surface area contributed by atoms with Gasteiger partial charge in [-0.1, -0.05) is 32.0 Å². The first-order valence-corrected chi connectivity index (χ1v) is 5.78. The van der Waals surface area contributed by atoms with Crippen molar-refractivity contribution in [2.75, 3.05) is 6.54 Å². The maximum Gasteiger partial charge on any atom is 0.118 e. The summed E-state index contributed by atoms with van der Waals surface area (Å²) in [6, 6.07) is 8.14. The maximum absolute atomic E-state index is 9.56. The molecule has 0 saturated carbocycles. The third-order valence-corrected chi connectivity index (χ3v) is 2.80. The standard InChI is InChI=1S/C13H21NO/c1-3-12(4-2)14-10-9-11-7-5-6-8-13(11)15/h5-8,12,14-15H,3-4,9-10H2,1-2H3. The Balaban J connectivity index is 2.34. The van der Waals surface area contributed by atoms with E-state index >= 15 is 0 Å². The van der Waals surface area contributed by atoms with Gasteiger partial charge in [0.05, 0.1) is 0 Å². The van der Waals surface area contributed by atoms with E-state index in [1.807, 2.05) is 18.2 Å². The van der Waals surface area contributed by atoms with Crippen LogP contribution in [0.25, 0.3) is 0 Å². The van der Waals surface area contributed by atoms with Gasteiger partial charge in [0.15, 0.2) is 0 Å². The maximum atomic E-state index is 9.56. The summed E-state index contributed by atoms with van der Waals surface area (Å²) in [6.07, 6.45) is 3.22. The van der Waals surface area contributed by atoms with Crippen molar-refractivity contribution in [3.63, 3.8) is 0 Å². The Bertz CT molecular complexity index is 282. The Labute approximate surface area is 92.3 Å². The van der Waals surface area contributed by atoms with Crippen LogP contribution in [0.2, 0.25) is 0 Å². The predicted octanol–water partition coefficient (Wildman–Crippen LogP) is 2.71. The number of phenols is 1. The second-order valence-electron chi connectivity index (χ2n) is 3.85. The zero-order chi connectivity index (χ0) is 11.1. The second kappa shape index (κ2) is 6.46. The molecule has 2 N–H and O–H groups in total. The third kappa shape index (κ3) is 3.92. The summed E-state index contributed by atoms with van der Waals surface area (Å²) in [7, 11) is 0. The van der Waals surface area contributed by atoms with E-state index in [0.717, 1.165) is 31.4 Å². The lowest BCUT2D eigenvalue weighted by atomic mass is 10.1. The molecule has 0 aliphatic rings. The Morgan fingerprint density at radius 2 is 1.87 bits per heavy atom. The van der Waals surface area contributed by atoms with E-state index in [1.54, 1.807) is 6.07 Å². The molecule has 0 spiro atoms. The highest BCUT2D eigenvalue weighted by molar-refractivity contribution is 5.31. The number of benzene rings is 1. The van der Waals surface area contributed by atoms with Crippen molar-refractivity contribution in [3.05, 3.63) is 29.8 Å². The van der Waals surface area contributed by atoms with Crippen molar-refractivity contribution < 1.29 is 5.11 Å². The van der Waals surface area contributed by atoms with Gasteiger partial charge < -0.3 is 10.4 Å². The lowest BCUT2D eigenvalue weighted by Gasteiger charge is -2.14. The van der Waals surface area contributed by atoms with Crippen LogP contribution >= 0.6 is 0 Å². The van der Waals surface area contributed by atoms with Gasteiger partial charge in [0.1, 0.15) is 5.75 Å². The first kappa shape index (κ1) is 12.1. The van der Waals surface area contributed by atoms with Crippen LogP contribution in [0.3, 0.4) is 0 Å². The molecule has 2 heteroatoms. The number of hydrogen-bond acceptors (Lipinski definition) is 2. The SMILES string of the molecule is CCC(CC)NCCc1ccccc1O. The van der Waals surface area contributed by atoms with Crippen molar-refractivity contribution in [2.24, 2.45) is 0 Å². The Hall–Kier alpha value is -1.02. The molecule has 0 atom stereocenters. The molecule has 84 valence electrons. The minimum absolute atomic E-state index is 0.406. The van der Waals surface area contributed by atoms with Crippen LogP contribution in [0.4, 0.5) is 0 Å². The van der Waals surface area contributed by atoms with Crippen molar-refractivity contribution in [2.45, 2.75) is 39.2 Å². The van der Waals surface area contributed by atoms with E-state index in [4.69, 9.17) is 0 Å². The van der Waals surface area contributed by atoms with Crippen LogP contribution in [0.5, 0.6) is 5.75 Å². The molecule has 1 aromatic rings. The van der Waals surface area contributed by atoms with Crippen LogP contribution in [-0.2, 0) is 6.42 Å². The van der Waals surface area contributed by atoms with E-state index in [2.05, 4.69) is 19.2 Å². The highest BCUT2D eigenvalue weighted by Gasteiger charge is 2.03. The summed E-state index contributed by atoms with van der Waals surface area (Å²) in [5, 5.41) is 13.0. The van der Waals surface area contributed by atoms with Gasteiger partial charge in [-0.25, -0.2) is 0 Å². The third-order valence-electron chi connectivity index (χ3n) is 2.80. The van der Waals surface area contributed by atoms with Crippen LogP contribution in [0.15, 0.2) is 24.3 Å². The average molecular weight is 207 g/mol. The molecule has 1 aromatic carbocycles. The Morgan fingerprint density at radius 1 is 1.20 bits per heavy atom. The normalized spacial score (nSPS) is 10.9. The molecule has 15 heavy (non-hydrogen) atoms. The Kier molecular flexibility index (Phi) is 5.19. The molecule has 0 heterocycles. The highest BCUT2D eigenvalue weighted by Crippen LogP contribution is 2.15. The number of aromatic hydroxyl groups is 1. The van der Waals surface area contributed by atoms with Crippen LogP contribution in [0.1, 0.15) is 32.3 Å². The van der Waals surface area contributed by atoms with E-state index in [0.29, 0.717) is 11.8 Å². The molecule has 0 saturated heterocycles. The van der Waals surface area contributed by atoms with Crippen molar-refractivity contribution in [3.8, 4) is 5.75 Å². The molecule has 0 aliphatic heterocycles. The van der Waals surface area contributed by atoms with Crippen LogP contribution < -0.4 is 5.32 Å². The molecule has 0 unspecified atom stereocenters.